The molecule has 7 nitrogen and oxygen atoms in total. The SMILES string of the molecule is COc1ccc(C)cc1N.Cc1ccc(Cl)nc1.Cc1ccc(N)nc1.Cc1ccc2cc[nH]c2c1.Cc1cccc(CN)c1. The summed E-state index contributed by atoms with van der Waals surface area (Å²) >= 11 is 5.50. The van der Waals surface area contributed by atoms with Gasteiger partial charge in [-0.15, -0.1) is 0 Å². The summed E-state index contributed by atoms with van der Waals surface area (Å²) < 4.78 is 4.97. The Kier molecular flexibility index (Phi) is 15.7. The molecule has 45 heavy (non-hydrogen) atoms. The van der Waals surface area contributed by atoms with Crippen LogP contribution < -0.4 is 21.9 Å². The maximum absolute atomic E-state index is 5.61. The van der Waals surface area contributed by atoms with Gasteiger partial charge in [0, 0.05) is 30.7 Å². The molecule has 0 fully saturated rings. The van der Waals surface area contributed by atoms with Crippen molar-refractivity contribution in [3.8, 4) is 5.75 Å². The molecule has 0 spiro atoms. The first kappa shape index (κ1) is 36.3. The van der Waals surface area contributed by atoms with Crippen LogP contribution in [0.5, 0.6) is 5.75 Å². The normalized spacial score (nSPS) is 9.60. The molecule has 3 aromatic heterocycles. The number of methoxy groups -OCH3 is 1. The summed E-state index contributed by atoms with van der Waals surface area (Å²) in [6.07, 6.45) is 5.45. The summed E-state index contributed by atoms with van der Waals surface area (Å²) in [6, 6.07) is 29.8. The number of aryl methyl sites for hydroxylation is 5. The van der Waals surface area contributed by atoms with Crippen LogP contribution in [-0.2, 0) is 6.54 Å². The average molecular weight is 625 g/mol. The lowest BCUT2D eigenvalue weighted by molar-refractivity contribution is 0.417. The molecule has 7 N–H and O–H groups in total. The maximum atomic E-state index is 5.61. The second-order valence-corrected chi connectivity index (χ2v) is 10.8. The lowest BCUT2D eigenvalue weighted by atomic mass is 10.1. The van der Waals surface area contributed by atoms with Crippen LogP contribution in [0.2, 0.25) is 5.15 Å². The highest BCUT2D eigenvalue weighted by molar-refractivity contribution is 6.29. The third-order valence-electron chi connectivity index (χ3n) is 6.22. The fourth-order valence-electron chi connectivity index (χ4n) is 3.78. The minimum Gasteiger partial charge on any atom is -0.495 e. The molecular formula is C37H45ClN6O. The smallest absolute Gasteiger partial charge is 0.141 e. The number of hydrogen-bond acceptors (Lipinski definition) is 6. The van der Waals surface area contributed by atoms with Gasteiger partial charge in [0.15, 0.2) is 0 Å². The van der Waals surface area contributed by atoms with Crippen molar-refractivity contribution in [3.63, 3.8) is 0 Å². The Morgan fingerprint density at radius 3 is 1.82 bits per heavy atom. The lowest BCUT2D eigenvalue weighted by Gasteiger charge is -2.03. The number of pyridine rings is 2. The fourth-order valence-corrected chi connectivity index (χ4v) is 3.90. The molecule has 0 atom stereocenters. The Labute approximate surface area is 272 Å². The van der Waals surface area contributed by atoms with Gasteiger partial charge in [-0.05, 0) is 104 Å². The van der Waals surface area contributed by atoms with Crippen molar-refractivity contribution in [2.45, 2.75) is 41.2 Å². The van der Waals surface area contributed by atoms with E-state index in [1.807, 2.05) is 69.4 Å². The molecule has 6 rings (SSSR count). The van der Waals surface area contributed by atoms with E-state index in [4.69, 9.17) is 33.5 Å². The number of nitrogen functional groups attached to an aromatic ring is 2. The largest absolute Gasteiger partial charge is 0.495 e. The Balaban J connectivity index is 0.000000197. The summed E-state index contributed by atoms with van der Waals surface area (Å²) in [5, 5.41) is 1.83. The number of anilines is 2. The van der Waals surface area contributed by atoms with Gasteiger partial charge in [0.1, 0.15) is 16.7 Å². The molecular weight excluding hydrogens is 580 g/mol. The topological polar surface area (TPSA) is 129 Å². The van der Waals surface area contributed by atoms with Crippen molar-refractivity contribution in [3.05, 3.63) is 148 Å². The Morgan fingerprint density at radius 2 is 1.31 bits per heavy atom. The molecule has 3 aromatic carbocycles. The monoisotopic (exact) mass is 624 g/mol. The van der Waals surface area contributed by atoms with Crippen LogP contribution in [0, 0.1) is 34.6 Å². The number of aromatic amines is 1. The number of halogens is 1. The molecule has 236 valence electrons. The molecule has 6 aromatic rings. The van der Waals surface area contributed by atoms with E-state index >= 15 is 0 Å². The van der Waals surface area contributed by atoms with Crippen molar-refractivity contribution < 1.29 is 4.74 Å². The molecule has 0 aliphatic heterocycles. The minimum absolute atomic E-state index is 0.551. The Bertz CT molecular complexity index is 1610. The van der Waals surface area contributed by atoms with Crippen LogP contribution in [-0.4, -0.2) is 22.1 Å². The van der Waals surface area contributed by atoms with E-state index in [0.717, 1.165) is 22.4 Å². The maximum Gasteiger partial charge on any atom is 0.141 e. The molecule has 0 radical (unpaired) electrons. The molecule has 0 amide bonds. The summed E-state index contributed by atoms with van der Waals surface area (Å²) in [6.45, 7) is 10.8. The second-order valence-electron chi connectivity index (χ2n) is 10.4. The highest BCUT2D eigenvalue weighted by atomic mass is 35.5. The Morgan fingerprint density at radius 1 is 0.689 bits per heavy atom. The number of ether oxygens (including phenoxy) is 1. The van der Waals surface area contributed by atoms with Gasteiger partial charge >= 0.3 is 0 Å². The standard InChI is InChI=1S/C9H9N.C8H11NO.C8H11N.C6H6ClN.C6H8N2/c1-7-2-3-8-4-5-10-9(8)6-7;1-6-3-4-8(10-2)7(9)5-6;1-7-3-2-4-8(5-7)6-9;2*1-5-2-3-6(7)8-4-5/h2-6,10H,1H3;3-5H,9H2,1-2H3;2-5H,6,9H2,1H3;2-4H,1H3;2-4H,1H3,(H2,7,8). The quantitative estimate of drug-likeness (QED) is 0.113. The van der Waals surface area contributed by atoms with Gasteiger partial charge in [0.05, 0.1) is 12.8 Å². The van der Waals surface area contributed by atoms with Gasteiger partial charge in [-0.25, -0.2) is 9.97 Å². The summed E-state index contributed by atoms with van der Waals surface area (Å²) in [5.74, 6) is 1.32. The zero-order chi connectivity index (χ0) is 33.2. The van der Waals surface area contributed by atoms with Crippen LogP contribution >= 0.6 is 11.6 Å². The second kappa shape index (κ2) is 19.4. The van der Waals surface area contributed by atoms with Gasteiger partial charge in [0.2, 0.25) is 0 Å². The number of rotatable bonds is 2. The first-order valence-electron chi connectivity index (χ1n) is 14.5. The van der Waals surface area contributed by atoms with Crippen molar-refractivity contribution in [2.24, 2.45) is 5.73 Å². The van der Waals surface area contributed by atoms with E-state index in [1.54, 1.807) is 31.6 Å². The van der Waals surface area contributed by atoms with E-state index in [1.165, 1.54) is 27.6 Å². The molecule has 0 saturated heterocycles. The zero-order valence-electron chi connectivity index (χ0n) is 27.0. The van der Waals surface area contributed by atoms with Crippen LogP contribution in [0.25, 0.3) is 10.9 Å². The first-order valence-corrected chi connectivity index (χ1v) is 14.8. The van der Waals surface area contributed by atoms with E-state index in [9.17, 15) is 0 Å². The number of nitrogens with one attached hydrogen (secondary N) is 1. The Hall–Kier alpha value is -4.85. The number of nitrogens with zero attached hydrogens (tertiary/aromatic N) is 2. The zero-order valence-corrected chi connectivity index (χ0v) is 27.8. The van der Waals surface area contributed by atoms with Crippen LogP contribution in [0.15, 0.2) is 110 Å². The molecule has 8 heteroatoms. The third kappa shape index (κ3) is 14.4. The predicted molar refractivity (Wildman–Crippen MR) is 192 cm³/mol. The van der Waals surface area contributed by atoms with E-state index in [-0.39, 0.29) is 0 Å². The molecule has 3 heterocycles. The number of hydrogen-bond donors (Lipinski definition) is 4. The summed E-state index contributed by atoms with van der Waals surface area (Å²) in [5.41, 5.74) is 25.5. The van der Waals surface area contributed by atoms with Gasteiger partial charge in [-0.1, -0.05) is 71.8 Å². The highest BCUT2D eigenvalue weighted by Gasteiger charge is 1.95. The molecule has 0 aliphatic rings. The van der Waals surface area contributed by atoms with Crippen molar-refractivity contribution in [1.82, 2.24) is 15.0 Å². The van der Waals surface area contributed by atoms with E-state index in [2.05, 4.69) is 65.2 Å². The van der Waals surface area contributed by atoms with Gasteiger partial charge < -0.3 is 26.9 Å². The summed E-state index contributed by atoms with van der Waals surface area (Å²) in [7, 11) is 1.61. The fraction of sp³-hybridized carbons (Fsp3) is 0.189. The third-order valence-corrected chi connectivity index (χ3v) is 6.45. The van der Waals surface area contributed by atoms with Gasteiger partial charge in [0.25, 0.3) is 0 Å². The lowest BCUT2D eigenvalue weighted by Crippen LogP contribution is -1.95. The number of aromatic nitrogens is 3. The predicted octanol–water partition coefficient (Wildman–Crippen LogP) is 8.53. The molecule has 0 aliphatic carbocycles. The number of nitrogens with two attached hydrogens (primary N) is 3. The van der Waals surface area contributed by atoms with Gasteiger partial charge in [-0.3, -0.25) is 0 Å². The van der Waals surface area contributed by atoms with Crippen LogP contribution in [0.1, 0.15) is 33.4 Å². The van der Waals surface area contributed by atoms with Gasteiger partial charge in [-0.2, -0.15) is 0 Å². The number of benzene rings is 3. The summed E-state index contributed by atoms with van der Waals surface area (Å²) in [4.78, 5) is 10.9. The molecule has 0 saturated carbocycles. The van der Waals surface area contributed by atoms with E-state index in [0.29, 0.717) is 23.2 Å². The number of fused-ring (bicyclic) bond motifs is 1. The molecule has 0 unspecified atom stereocenters. The van der Waals surface area contributed by atoms with Crippen LogP contribution in [0.4, 0.5) is 11.5 Å². The highest BCUT2D eigenvalue weighted by Crippen LogP contribution is 2.21. The van der Waals surface area contributed by atoms with E-state index < -0.39 is 0 Å². The van der Waals surface area contributed by atoms with Crippen LogP contribution in [0.3, 0.4) is 0 Å². The van der Waals surface area contributed by atoms with Crippen molar-refractivity contribution in [1.29, 1.82) is 0 Å². The molecule has 0 bridgehead atoms. The first-order chi connectivity index (χ1) is 21.5. The number of H-pyrrole nitrogens is 1. The van der Waals surface area contributed by atoms with Crippen molar-refractivity contribution >= 4 is 34.0 Å². The van der Waals surface area contributed by atoms with Crippen molar-refractivity contribution in [2.75, 3.05) is 18.6 Å². The average Bonchev–Trinajstić information content (AvgIpc) is 3.49. The minimum atomic E-state index is 0.551.